The van der Waals surface area contributed by atoms with Crippen LogP contribution in [0.3, 0.4) is 0 Å². The van der Waals surface area contributed by atoms with Crippen LogP contribution in [0.2, 0.25) is 0 Å². The van der Waals surface area contributed by atoms with E-state index in [9.17, 15) is 8.42 Å². The Morgan fingerprint density at radius 3 is 2.85 bits per heavy atom. The van der Waals surface area contributed by atoms with Crippen LogP contribution in [0.15, 0.2) is 4.99 Å². The molecular formula is C17H31IN6O2S. The quantitative estimate of drug-likeness (QED) is 0.356. The molecule has 154 valence electrons. The molecular weight excluding hydrogens is 479 g/mol. The smallest absolute Gasteiger partial charge is 0.192 e. The maximum atomic E-state index is 11.7. The van der Waals surface area contributed by atoms with Crippen molar-refractivity contribution in [1.82, 2.24) is 25.4 Å². The molecule has 8 nitrogen and oxygen atoms in total. The second-order valence-electron chi connectivity index (χ2n) is 7.49. The van der Waals surface area contributed by atoms with Gasteiger partial charge in [0.15, 0.2) is 15.8 Å². The summed E-state index contributed by atoms with van der Waals surface area (Å²) in [6.45, 7) is 7.59. The minimum absolute atomic E-state index is 0. The van der Waals surface area contributed by atoms with Gasteiger partial charge in [-0.1, -0.05) is 6.92 Å². The topological polar surface area (TPSA) is 101 Å². The fourth-order valence-electron chi connectivity index (χ4n) is 3.47. The number of hydrogen-bond donors (Lipinski definition) is 2. The number of nitrogens with one attached hydrogen (secondary N) is 2. The van der Waals surface area contributed by atoms with E-state index < -0.39 is 9.84 Å². The molecule has 0 aliphatic carbocycles. The summed E-state index contributed by atoms with van der Waals surface area (Å²) in [6.07, 6.45) is 3.72. The lowest BCUT2D eigenvalue weighted by atomic mass is 10.1. The first-order valence-electron chi connectivity index (χ1n) is 9.55. The first-order chi connectivity index (χ1) is 12.4. The Balaban J connectivity index is 0.00000261. The van der Waals surface area contributed by atoms with Crippen LogP contribution in [0.4, 0.5) is 0 Å². The molecule has 0 aromatic carbocycles. The van der Waals surface area contributed by atoms with Crippen LogP contribution >= 0.6 is 24.0 Å². The Bertz CT molecular complexity index is 763. The molecule has 10 heteroatoms. The summed E-state index contributed by atoms with van der Waals surface area (Å²) >= 11 is 0. The standard InChI is InChI=1S/C17H30N6O2S.HI/c1-4-12(2)19-17(18-10-14-7-9-26(24,25)11-14)21-15-6-5-8-23-16(15)20-13(3)22-23;/h12,14-15H,4-11H2,1-3H3,(H2,18,19,21);1H. The molecule has 1 aromatic heterocycles. The Hall–Kier alpha value is -0.910. The lowest BCUT2D eigenvalue weighted by molar-refractivity contribution is 0.395. The summed E-state index contributed by atoms with van der Waals surface area (Å²) in [5.74, 6) is 3.15. The highest BCUT2D eigenvalue weighted by Gasteiger charge is 2.28. The number of rotatable bonds is 5. The van der Waals surface area contributed by atoms with Gasteiger partial charge >= 0.3 is 0 Å². The third kappa shape index (κ3) is 6.03. The highest BCUT2D eigenvalue weighted by atomic mass is 127. The monoisotopic (exact) mass is 510 g/mol. The van der Waals surface area contributed by atoms with Crippen molar-refractivity contribution in [1.29, 1.82) is 0 Å². The zero-order valence-electron chi connectivity index (χ0n) is 16.3. The van der Waals surface area contributed by atoms with Crippen molar-refractivity contribution < 1.29 is 8.42 Å². The van der Waals surface area contributed by atoms with Crippen LogP contribution in [0, 0.1) is 12.8 Å². The highest BCUT2D eigenvalue weighted by molar-refractivity contribution is 14.0. The van der Waals surface area contributed by atoms with E-state index in [1.54, 1.807) is 0 Å². The van der Waals surface area contributed by atoms with Gasteiger partial charge in [0.1, 0.15) is 11.6 Å². The van der Waals surface area contributed by atoms with Crippen molar-refractivity contribution in [2.45, 2.75) is 65.1 Å². The lowest BCUT2D eigenvalue weighted by Gasteiger charge is -2.26. The number of sulfone groups is 1. The van der Waals surface area contributed by atoms with Crippen LogP contribution in [0.1, 0.15) is 57.2 Å². The molecule has 3 heterocycles. The van der Waals surface area contributed by atoms with Gasteiger partial charge in [0.05, 0.1) is 17.5 Å². The van der Waals surface area contributed by atoms with Gasteiger partial charge in [0, 0.05) is 19.1 Å². The maximum Gasteiger partial charge on any atom is 0.192 e. The van der Waals surface area contributed by atoms with Crippen LogP contribution in [0.5, 0.6) is 0 Å². The largest absolute Gasteiger partial charge is 0.354 e. The van der Waals surface area contributed by atoms with Gasteiger partial charge in [-0.25, -0.2) is 18.1 Å². The summed E-state index contributed by atoms with van der Waals surface area (Å²) in [5.41, 5.74) is 0. The summed E-state index contributed by atoms with van der Waals surface area (Å²) in [4.78, 5) is 9.27. The zero-order valence-corrected chi connectivity index (χ0v) is 19.5. The summed E-state index contributed by atoms with van der Waals surface area (Å²) in [5, 5.41) is 11.4. The van der Waals surface area contributed by atoms with E-state index in [1.165, 1.54) is 0 Å². The van der Waals surface area contributed by atoms with Crippen LogP contribution in [-0.2, 0) is 16.4 Å². The fraction of sp³-hybridized carbons (Fsp3) is 0.824. The van der Waals surface area contributed by atoms with Crippen LogP contribution in [0.25, 0.3) is 0 Å². The average molecular weight is 510 g/mol. The minimum Gasteiger partial charge on any atom is -0.354 e. The molecule has 2 N–H and O–H groups in total. The van der Waals surface area contributed by atoms with Crippen molar-refractivity contribution in [2.75, 3.05) is 18.1 Å². The molecule has 0 spiro atoms. The normalized spacial score (nSPS) is 25.4. The van der Waals surface area contributed by atoms with E-state index in [-0.39, 0.29) is 47.7 Å². The molecule has 0 amide bonds. The van der Waals surface area contributed by atoms with Gasteiger partial charge in [-0.15, -0.1) is 24.0 Å². The maximum absolute atomic E-state index is 11.7. The second kappa shape index (κ2) is 9.53. The van der Waals surface area contributed by atoms with Crippen molar-refractivity contribution in [3.05, 3.63) is 11.6 Å². The molecule has 3 unspecified atom stereocenters. The van der Waals surface area contributed by atoms with Crippen molar-refractivity contribution in [3.8, 4) is 0 Å². The average Bonchev–Trinajstić information content (AvgIpc) is 3.14. The number of halogens is 1. The Labute approximate surface area is 178 Å². The zero-order chi connectivity index (χ0) is 18.7. The summed E-state index contributed by atoms with van der Waals surface area (Å²) < 4.78 is 25.3. The van der Waals surface area contributed by atoms with E-state index >= 15 is 0 Å². The second-order valence-corrected chi connectivity index (χ2v) is 9.72. The number of fused-ring (bicyclic) bond motifs is 1. The molecule has 1 saturated heterocycles. The lowest BCUT2D eigenvalue weighted by Crippen LogP contribution is -2.45. The van der Waals surface area contributed by atoms with E-state index in [0.717, 1.165) is 43.4 Å². The number of aromatic nitrogens is 3. The molecule has 27 heavy (non-hydrogen) atoms. The highest BCUT2D eigenvalue weighted by Crippen LogP contribution is 2.23. The van der Waals surface area contributed by atoms with Crippen molar-refractivity contribution in [2.24, 2.45) is 10.9 Å². The SMILES string of the molecule is CCC(C)NC(=NCC1CCS(=O)(=O)C1)NC1CCCn2nc(C)nc21.I. The summed E-state index contributed by atoms with van der Waals surface area (Å²) in [7, 11) is -2.87. The third-order valence-electron chi connectivity index (χ3n) is 5.12. The third-order valence-corrected chi connectivity index (χ3v) is 6.96. The predicted octanol–water partition coefficient (Wildman–Crippen LogP) is 1.81. The van der Waals surface area contributed by atoms with Gasteiger partial charge in [-0.3, -0.25) is 4.99 Å². The molecule has 3 atom stereocenters. The molecule has 2 aliphatic rings. The van der Waals surface area contributed by atoms with Crippen LogP contribution < -0.4 is 10.6 Å². The molecule has 0 bridgehead atoms. The van der Waals surface area contributed by atoms with Crippen molar-refractivity contribution in [3.63, 3.8) is 0 Å². The number of aryl methyl sites for hydroxylation is 2. The Morgan fingerprint density at radius 1 is 1.41 bits per heavy atom. The van der Waals surface area contributed by atoms with Gasteiger partial charge in [0.25, 0.3) is 0 Å². The number of nitrogens with zero attached hydrogens (tertiary/aromatic N) is 4. The number of aliphatic imine (C=N–C) groups is 1. The first-order valence-corrected chi connectivity index (χ1v) is 11.4. The number of hydrogen-bond acceptors (Lipinski definition) is 5. The van der Waals surface area contributed by atoms with Gasteiger partial charge in [-0.05, 0) is 45.4 Å². The molecule has 1 fully saturated rings. The van der Waals surface area contributed by atoms with Crippen molar-refractivity contribution >= 4 is 39.8 Å². The van der Waals surface area contributed by atoms with E-state index in [2.05, 4.69) is 34.6 Å². The summed E-state index contributed by atoms with van der Waals surface area (Å²) in [6, 6.07) is 0.365. The first kappa shape index (κ1) is 22.4. The van der Waals surface area contributed by atoms with E-state index in [0.29, 0.717) is 18.7 Å². The molecule has 2 aliphatic heterocycles. The van der Waals surface area contributed by atoms with Crippen LogP contribution in [-0.4, -0.2) is 53.2 Å². The predicted molar refractivity (Wildman–Crippen MR) is 117 cm³/mol. The number of guanidine groups is 1. The fourth-order valence-corrected chi connectivity index (χ4v) is 5.32. The van der Waals surface area contributed by atoms with E-state index in [4.69, 9.17) is 4.99 Å². The van der Waals surface area contributed by atoms with E-state index in [1.807, 2.05) is 11.6 Å². The molecule has 1 aromatic rings. The van der Waals surface area contributed by atoms with Gasteiger partial charge in [0.2, 0.25) is 0 Å². The Kier molecular flexibility index (Phi) is 7.90. The Morgan fingerprint density at radius 2 is 2.19 bits per heavy atom. The molecule has 0 saturated carbocycles. The minimum atomic E-state index is -2.87. The van der Waals surface area contributed by atoms with Gasteiger partial charge < -0.3 is 10.6 Å². The van der Waals surface area contributed by atoms with Gasteiger partial charge in [-0.2, -0.15) is 5.10 Å². The molecule has 0 radical (unpaired) electrons. The molecule has 3 rings (SSSR count).